The first-order valence-corrected chi connectivity index (χ1v) is 13.9. The molecule has 0 spiro atoms. The number of amides is 2. The first kappa shape index (κ1) is 23.0. The summed E-state index contributed by atoms with van der Waals surface area (Å²) in [5, 5.41) is 18.3. The SMILES string of the molecule is CCc1cc(O)c(F)cc1-c1ccc2c(-c3nc4c([nH]3)CN(C(=O)N3CCCC([N+]56CC5C6)C3)C4)n[nH]c2c1. The van der Waals surface area contributed by atoms with Gasteiger partial charge in [0.2, 0.25) is 0 Å². The number of imidazole rings is 1. The minimum absolute atomic E-state index is 0.126. The van der Waals surface area contributed by atoms with E-state index in [9.17, 15) is 14.3 Å². The van der Waals surface area contributed by atoms with E-state index in [0.717, 1.165) is 70.2 Å². The summed E-state index contributed by atoms with van der Waals surface area (Å²) in [6.07, 6.45) is 3.01. The number of carbonyl (C=O) groups is 1. The Bertz CT molecular complexity index is 1630. The normalized spacial score (nSPS) is 25.2. The molecule has 8 rings (SSSR count). The van der Waals surface area contributed by atoms with E-state index in [2.05, 4.69) is 20.1 Å². The summed E-state index contributed by atoms with van der Waals surface area (Å²) in [6.45, 7) is 7.40. The molecule has 1 atom stereocenters. The fraction of sp³-hybridized carbons (Fsp3) is 0.414. The van der Waals surface area contributed by atoms with Crippen molar-refractivity contribution in [3.8, 4) is 28.4 Å². The molecule has 2 amide bonds. The van der Waals surface area contributed by atoms with E-state index >= 15 is 0 Å². The predicted molar refractivity (Wildman–Crippen MR) is 143 cm³/mol. The highest BCUT2D eigenvalue weighted by Crippen LogP contribution is 2.52. The van der Waals surface area contributed by atoms with Crippen molar-refractivity contribution in [1.29, 1.82) is 0 Å². The minimum Gasteiger partial charge on any atom is -0.505 e. The molecule has 10 heteroatoms. The van der Waals surface area contributed by atoms with E-state index in [1.807, 2.05) is 30.0 Å². The Labute approximate surface area is 224 Å². The highest BCUT2D eigenvalue weighted by Gasteiger charge is 2.76. The van der Waals surface area contributed by atoms with Gasteiger partial charge in [0.25, 0.3) is 0 Å². The Morgan fingerprint density at radius 1 is 1.18 bits per heavy atom. The van der Waals surface area contributed by atoms with Crippen LogP contribution in [0.15, 0.2) is 30.3 Å². The van der Waals surface area contributed by atoms with Crippen LogP contribution in [-0.2, 0) is 19.5 Å². The molecule has 9 nitrogen and oxygen atoms in total. The van der Waals surface area contributed by atoms with Gasteiger partial charge in [-0.15, -0.1) is 0 Å². The number of benzene rings is 2. The van der Waals surface area contributed by atoms with Crippen LogP contribution >= 0.6 is 0 Å². The number of H-pyrrole nitrogens is 2. The first-order chi connectivity index (χ1) is 18.9. The summed E-state index contributed by atoms with van der Waals surface area (Å²) in [7, 11) is 0. The molecule has 0 saturated carbocycles. The number of phenolic OH excluding ortho intramolecular Hbond substituents is 1. The second-order valence-electron chi connectivity index (χ2n) is 11.7. The van der Waals surface area contributed by atoms with Crippen LogP contribution < -0.4 is 0 Å². The number of carbonyl (C=O) groups excluding carboxylic acids is 1. The fourth-order valence-corrected chi connectivity index (χ4v) is 6.90. The maximum absolute atomic E-state index is 14.1. The number of likely N-dealkylation sites (tertiary alicyclic amines) is 1. The number of aromatic hydroxyl groups is 1. The standard InChI is InChI=1S/C29H30FN7O2/c1-2-16-9-26(38)22(30)10-21(16)17-5-6-20-23(8-17)33-34-27(20)28-31-24-12-36(13-25(24)32-28)29(39)35-7-3-4-18(11-35)37-14-19(37)15-37/h5-6,8-10,18-19H,2-4,7,11-15H2,1H3,(H2-,31,32,33,34,38)/p+1. The molecular formula is C29H31FN7O2+. The van der Waals surface area contributed by atoms with Gasteiger partial charge in [-0.3, -0.25) is 9.58 Å². The molecule has 4 aliphatic heterocycles. The summed E-state index contributed by atoms with van der Waals surface area (Å²) in [5.74, 6) is -0.289. The van der Waals surface area contributed by atoms with Crippen molar-refractivity contribution in [3.05, 3.63) is 53.1 Å². The topological polar surface area (TPSA) is 101 Å². The lowest BCUT2D eigenvalue weighted by atomic mass is 9.96. The Morgan fingerprint density at radius 2 is 2.03 bits per heavy atom. The molecule has 0 bridgehead atoms. The monoisotopic (exact) mass is 528 g/mol. The average Bonchev–Trinajstić information content (AvgIpc) is 3.61. The highest BCUT2D eigenvalue weighted by molar-refractivity contribution is 5.94. The summed E-state index contributed by atoms with van der Waals surface area (Å²) in [5.41, 5.74) is 5.87. The third-order valence-corrected chi connectivity index (χ3v) is 9.43. The zero-order chi connectivity index (χ0) is 26.5. The molecule has 200 valence electrons. The number of rotatable bonds is 4. The van der Waals surface area contributed by atoms with Gasteiger partial charge >= 0.3 is 6.03 Å². The second-order valence-corrected chi connectivity index (χ2v) is 11.7. The number of quaternary nitrogens is 1. The van der Waals surface area contributed by atoms with E-state index in [-0.39, 0.29) is 11.8 Å². The van der Waals surface area contributed by atoms with E-state index in [1.54, 1.807) is 0 Å². The first-order valence-electron chi connectivity index (χ1n) is 13.9. The van der Waals surface area contributed by atoms with Crippen molar-refractivity contribution in [2.24, 2.45) is 0 Å². The Kier molecular flexibility index (Phi) is 4.75. The van der Waals surface area contributed by atoms with Gasteiger partial charge in [-0.05, 0) is 53.8 Å². The van der Waals surface area contributed by atoms with Crippen molar-refractivity contribution >= 4 is 16.9 Å². The molecule has 3 saturated heterocycles. The van der Waals surface area contributed by atoms with Crippen molar-refractivity contribution in [2.45, 2.75) is 51.4 Å². The number of fused-ring (bicyclic) bond motifs is 3. The number of phenols is 1. The second kappa shape index (κ2) is 8.05. The molecule has 2 aromatic heterocycles. The number of urea groups is 1. The summed E-state index contributed by atoms with van der Waals surface area (Å²) < 4.78 is 15.4. The van der Waals surface area contributed by atoms with Gasteiger partial charge in [-0.2, -0.15) is 5.10 Å². The lowest BCUT2D eigenvalue weighted by Gasteiger charge is -2.35. The molecule has 1 unspecified atom stereocenters. The minimum atomic E-state index is -0.635. The molecular weight excluding hydrogens is 497 g/mol. The van der Waals surface area contributed by atoms with E-state index < -0.39 is 5.82 Å². The predicted octanol–water partition coefficient (Wildman–Crippen LogP) is 4.14. The maximum Gasteiger partial charge on any atom is 0.320 e. The van der Waals surface area contributed by atoms with Gasteiger partial charge in [-0.25, -0.2) is 14.2 Å². The largest absolute Gasteiger partial charge is 0.505 e. The van der Waals surface area contributed by atoms with Gasteiger partial charge < -0.3 is 19.9 Å². The fourth-order valence-electron chi connectivity index (χ4n) is 6.90. The summed E-state index contributed by atoms with van der Waals surface area (Å²) >= 11 is 0. The van der Waals surface area contributed by atoms with Crippen LogP contribution in [0.2, 0.25) is 0 Å². The van der Waals surface area contributed by atoms with Crippen LogP contribution in [0, 0.1) is 5.82 Å². The quantitative estimate of drug-likeness (QED) is 0.274. The Morgan fingerprint density at radius 3 is 2.79 bits per heavy atom. The number of halogens is 1. The number of nitrogens with zero attached hydrogens (tertiary/aromatic N) is 5. The van der Waals surface area contributed by atoms with Gasteiger partial charge in [0.15, 0.2) is 23.4 Å². The highest BCUT2D eigenvalue weighted by atomic mass is 19.1. The van der Waals surface area contributed by atoms with Crippen LogP contribution in [0.3, 0.4) is 0 Å². The zero-order valence-electron chi connectivity index (χ0n) is 21.9. The number of hydrogen-bond acceptors (Lipinski definition) is 4. The summed E-state index contributed by atoms with van der Waals surface area (Å²) in [4.78, 5) is 25.6. The number of piperidine rings is 1. The smallest absolute Gasteiger partial charge is 0.320 e. The van der Waals surface area contributed by atoms with Crippen LogP contribution in [0.4, 0.5) is 9.18 Å². The molecule has 6 heterocycles. The number of aryl methyl sites for hydroxylation is 1. The molecule has 0 radical (unpaired) electrons. The maximum atomic E-state index is 14.1. The summed E-state index contributed by atoms with van der Waals surface area (Å²) in [6, 6.07) is 10.4. The molecule has 3 fully saturated rings. The molecule has 4 aromatic rings. The average molecular weight is 529 g/mol. The number of nitrogens with one attached hydrogen (secondary N) is 2. The van der Waals surface area contributed by atoms with E-state index in [1.165, 1.54) is 36.1 Å². The zero-order valence-corrected chi connectivity index (χ0v) is 21.9. The van der Waals surface area contributed by atoms with Crippen molar-refractivity contribution in [1.82, 2.24) is 30.0 Å². The van der Waals surface area contributed by atoms with Gasteiger partial charge in [-0.1, -0.05) is 13.0 Å². The number of aromatic nitrogens is 4. The third kappa shape index (κ3) is 3.50. The van der Waals surface area contributed by atoms with Gasteiger partial charge in [0.05, 0.1) is 36.5 Å². The van der Waals surface area contributed by atoms with E-state index in [4.69, 9.17) is 4.98 Å². The van der Waals surface area contributed by atoms with Crippen molar-refractivity contribution in [3.63, 3.8) is 0 Å². The molecule has 0 aliphatic carbocycles. The molecule has 39 heavy (non-hydrogen) atoms. The number of hydrogen-bond donors (Lipinski definition) is 3. The van der Waals surface area contributed by atoms with Crippen LogP contribution in [0.25, 0.3) is 33.5 Å². The van der Waals surface area contributed by atoms with Crippen molar-refractivity contribution < 1.29 is 18.8 Å². The molecule has 2 aromatic carbocycles. The molecule has 3 N–H and O–H groups in total. The Balaban J connectivity index is 1.01. The van der Waals surface area contributed by atoms with Gasteiger partial charge in [0, 0.05) is 18.4 Å². The van der Waals surface area contributed by atoms with Crippen molar-refractivity contribution in [2.75, 3.05) is 26.2 Å². The lowest BCUT2D eigenvalue weighted by Crippen LogP contribution is -2.51. The van der Waals surface area contributed by atoms with Crippen LogP contribution in [-0.4, -0.2) is 83.8 Å². The Hall–Kier alpha value is -3.92. The van der Waals surface area contributed by atoms with Gasteiger partial charge in [0.1, 0.15) is 24.8 Å². The number of aromatic amines is 2. The van der Waals surface area contributed by atoms with E-state index in [0.29, 0.717) is 31.4 Å². The third-order valence-electron chi connectivity index (χ3n) is 9.43. The van der Waals surface area contributed by atoms with Crippen LogP contribution in [0.5, 0.6) is 5.75 Å². The van der Waals surface area contributed by atoms with Crippen LogP contribution in [0.1, 0.15) is 36.7 Å². The lowest BCUT2D eigenvalue weighted by molar-refractivity contribution is -0.735. The molecule has 4 aliphatic rings.